The lowest BCUT2D eigenvalue weighted by Crippen LogP contribution is -1.98. The van der Waals surface area contributed by atoms with Crippen LogP contribution in [0, 0.1) is 0 Å². The van der Waals surface area contributed by atoms with Crippen molar-refractivity contribution < 1.29 is 9.84 Å². The number of phenolic OH excluding ortho intramolecular Hbond substituents is 1. The molecule has 1 N–H and O–H groups in total. The van der Waals surface area contributed by atoms with Gasteiger partial charge in [-0.1, -0.05) is 84.1 Å². The second-order valence-corrected chi connectivity index (χ2v) is 6.94. The summed E-state index contributed by atoms with van der Waals surface area (Å²) in [5, 5.41) is 9.94. The number of aromatic hydroxyl groups is 1. The van der Waals surface area contributed by atoms with E-state index in [9.17, 15) is 5.11 Å². The normalized spacial score (nSPS) is 10.9. The maximum Gasteiger partial charge on any atom is 0.161 e. The molecule has 0 radical (unpaired) electrons. The van der Waals surface area contributed by atoms with Gasteiger partial charge in [-0.3, -0.25) is 0 Å². The molecule has 2 heteroatoms. The van der Waals surface area contributed by atoms with E-state index in [2.05, 4.69) is 13.8 Å². The van der Waals surface area contributed by atoms with E-state index in [-0.39, 0.29) is 5.75 Å². The van der Waals surface area contributed by atoms with Gasteiger partial charge in [-0.05, 0) is 37.0 Å². The fraction of sp³-hybridized carbons (Fsp3) is 0.727. The third-order valence-corrected chi connectivity index (χ3v) is 4.60. The van der Waals surface area contributed by atoms with E-state index in [0.717, 1.165) is 12.8 Å². The molecule has 0 heterocycles. The van der Waals surface area contributed by atoms with Crippen molar-refractivity contribution in [2.45, 2.75) is 97.3 Å². The van der Waals surface area contributed by atoms with Crippen LogP contribution in [0.4, 0.5) is 0 Å². The van der Waals surface area contributed by atoms with E-state index < -0.39 is 0 Å². The molecular weight excluding hydrogens is 296 g/mol. The van der Waals surface area contributed by atoms with Gasteiger partial charge in [0.15, 0.2) is 11.5 Å². The molecular formula is C22H38O2. The number of hydrogen-bond donors (Lipinski definition) is 1. The van der Waals surface area contributed by atoms with E-state index in [1.165, 1.54) is 76.2 Å². The zero-order chi connectivity index (χ0) is 17.5. The topological polar surface area (TPSA) is 29.5 Å². The van der Waals surface area contributed by atoms with Gasteiger partial charge < -0.3 is 9.84 Å². The van der Waals surface area contributed by atoms with Crippen molar-refractivity contribution in [3.8, 4) is 11.5 Å². The summed E-state index contributed by atoms with van der Waals surface area (Å²) in [7, 11) is 0. The van der Waals surface area contributed by atoms with Gasteiger partial charge in [-0.15, -0.1) is 0 Å². The van der Waals surface area contributed by atoms with Crippen molar-refractivity contribution >= 4 is 0 Å². The van der Waals surface area contributed by atoms with E-state index in [1.54, 1.807) is 6.07 Å². The number of benzene rings is 1. The Morgan fingerprint density at radius 2 is 1.33 bits per heavy atom. The van der Waals surface area contributed by atoms with Crippen LogP contribution >= 0.6 is 0 Å². The molecule has 0 fully saturated rings. The lowest BCUT2D eigenvalue weighted by atomic mass is 10.1. The van der Waals surface area contributed by atoms with Crippen molar-refractivity contribution in [1.29, 1.82) is 0 Å². The molecule has 0 aliphatic carbocycles. The van der Waals surface area contributed by atoms with Crippen molar-refractivity contribution in [3.05, 3.63) is 23.8 Å². The van der Waals surface area contributed by atoms with Gasteiger partial charge in [0, 0.05) is 0 Å². The van der Waals surface area contributed by atoms with Crippen LogP contribution in [0.1, 0.15) is 96.5 Å². The van der Waals surface area contributed by atoms with Crippen LogP contribution in [-0.2, 0) is 6.42 Å². The molecule has 0 aliphatic rings. The Kier molecular flexibility index (Phi) is 12.3. The third kappa shape index (κ3) is 9.85. The summed E-state index contributed by atoms with van der Waals surface area (Å²) in [6, 6.07) is 5.81. The summed E-state index contributed by atoms with van der Waals surface area (Å²) in [6.07, 6.45) is 16.5. The highest BCUT2D eigenvalue weighted by molar-refractivity contribution is 5.41. The summed E-state index contributed by atoms with van der Waals surface area (Å²) in [5.41, 5.74) is 1.27. The van der Waals surface area contributed by atoms with Crippen molar-refractivity contribution in [3.63, 3.8) is 0 Å². The minimum atomic E-state index is 0.270. The van der Waals surface area contributed by atoms with Crippen LogP contribution in [-0.4, -0.2) is 11.7 Å². The van der Waals surface area contributed by atoms with Crippen LogP contribution in [0.25, 0.3) is 0 Å². The third-order valence-electron chi connectivity index (χ3n) is 4.60. The molecule has 0 unspecified atom stereocenters. The molecule has 0 saturated carbocycles. The van der Waals surface area contributed by atoms with Crippen LogP contribution in [0.2, 0.25) is 0 Å². The zero-order valence-electron chi connectivity index (χ0n) is 16.0. The Morgan fingerprint density at radius 3 is 2.00 bits per heavy atom. The maximum atomic E-state index is 9.94. The molecule has 0 atom stereocenters. The molecule has 0 spiro atoms. The van der Waals surface area contributed by atoms with Gasteiger partial charge in [-0.2, -0.15) is 0 Å². The largest absolute Gasteiger partial charge is 0.504 e. The summed E-state index contributed by atoms with van der Waals surface area (Å²) in [6.45, 7) is 5.20. The van der Waals surface area contributed by atoms with Gasteiger partial charge in [-0.25, -0.2) is 0 Å². The Labute approximate surface area is 149 Å². The number of rotatable bonds is 15. The fourth-order valence-electron chi connectivity index (χ4n) is 3.00. The van der Waals surface area contributed by atoms with Crippen LogP contribution in [0.3, 0.4) is 0 Å². The minimum absolute atomic E-state index is 0.270. The average Bonchev–Trinajstić information content (AvgIpc) is 2.59. The molecule has 2 nitrogen and oxygen atoms in total. The van der Waals surface area contributed by atoms with Crippen molar-refractivity contribution in [1.82, 2.24) is 0 Å². The smallest absolute Gasteiger partial charge is 0.161 e. The summed E-state index contributed by atoms with van der Waals surface area (Å²) in [4.78, 5) is 0. The molecule has 0 amide bonds. The second-order valence-electron chi connectivity index (χ2n) is 6.94. The maximum absolute atomic E-state index is 9.94. The molecule has 24 heavy (non-hydrogen) atoms. The first-order valence-corrected chi connectivity index (χ1v) is 10.2. The Bertz CT molecular complexity index is 414. The molecule has 0 aromatic heterocycles. The first-order valence-electron chi connectivity index (χ1n) is 10.2. The highest BCUT2D eigenvalue weighted by atomic mass is 16.5. The first-order chi connectivity index (χ1) is 11.8. The number of unbranched alkanes of at least 4 members (excludes halogenated alkanes) is 10. The Morgan fingerprint density at radius 1 is 0.750 bits per heavy atom. The molecule has 0 bridgehead atoms. The van der Waals surface area contributed by atoms with E-state index in [0.29, 0.717) is 12.4 Å². The number of hydrogen-bond acceptors (Lipinski definition) is 2. The Hall–Kier alpha value is -1.18. The summed E-state index contributed by atoms with van der Waals surface area (Å²) < 4.78 is 5.80. The van der Waals surface area contributed by atoms with Gasteiger partial charge >= 0.3 is 0 Å². The number of ether oxygens (including phenoxy) is 1. The molecule has 0 aliphatic heterocycles. The summed E-state index contributed by atoms with van der Waals surface area (Å²) in [5.74, 6) is 0.929. The van der Waals surface area contributed by atoms with E-state index in [4.69, 9.17) is 4.74 Å². The predicted octanol–water partition coefficient (Wildman–Crippen LogP) is 7.03. The molecule has 138 valence electrons. The van der Waals surface area contributed by atoms with Gasteiger partial charge in [0.1, 0.15) is 0 Å². The van der Waals surface area contributed by atoms with E-state index in [1.807, 2.05) is 12.1 Å². The monoisotopic (exact) mass is 334 g/mol. The lowest BCUT2D eigenvalue weighted by molar-refractivity contribution is 0.288. The standard InChI is InChI=1S/C22H38O2/c1-3-5-7-9-10-11-12-14-18-24-22-19-20(16-17-21(22)23)15-13-8-6-4-2/h16-17,19,23H,3-15,18H2,1-2H3. The van der Waals surface area contributed by atoms with Crippen LogP contribution < -0.4 is 4.74 Å². The molecule has 1 rings (SSSR count). The van der Waals surface area contributed by atoms with Crippen LogP contribution in [0.5, 0.6) is 11.5 Å². The molecule has 0 saturated heterocycles. The average molecular weight is 335 g/mol. The highest BCUT2D eigenvalue weighted by Crippen LogP contribution is 2.28. The second kappa shape index (κ2) is 14.2. The molecule has 1 aromatic carbocycles. The fourth-order valence-corrected chi connectivity index (χ4v) is 3.00. The SMILES string of the molecule is CCCCCCCCCCOc1cc(CCCCCC)ccc1O. The zero-order valence-corrected chi connectivity index (χ0v) is 16.0. The van der Waals surface area contributed by atoms with Gasteiger partial charge in [0.05, 0.1) is 6.61 Å². The van der Waals surface area contributed by atoms with Crippen LogP contribution in [0.15, 0.2) is 18.2 Å². The quantitative estimate of drug-likeness (QED) is 0.349. The predicted molar refractivity (Wildman–Crippen MR) is 104 cm³/mol. The number of phenols is 1. The number of aryl methyl sites for hydroxylation is 1. The minimum Gasteiger partial charge on any atom is -0.504 e. The van der Waals surface area contributed by atoms with Crippen molar-refractivity contribution in [2.75, 3.05) is 6.61 Å². The van der Waals surface area contributed by atoms with Gasteiger partial charge in [0.25, 0.3) is 0 Å². The highest BCUT2D eigenvalue weighted by Gasteiger charge is 2.04. The lowest BCUT2D eigenvalue weighted by Gasteiger charge is -2.10. The van der Waals surface area contributed by atoms with Crippen molar-refractivity contribution in [2.24, 2.45) is 0 Å². The first kappa shape index (κ1) is 20.9. The van der Waals surface area contributed by atoms with Gasteiger partial charge in [0.2, 0.25) is 0 Å². The summed E-state index contributed by atoms with van der Waals surface area (Å²) >= 11 is 0. The van der Waals surface area contributed by atoms with E-state index >= 15 is 0 Å². The Balaban J connectivity index is 2.17. The molecule has 1 aromatic rings.